The monoisotopic (exact) mass is 458 g/mol. The number of allylic oxidation sites excluding steroid dienone is 19. The Balaban J connectivity index is 2.63. The molecule has 184 valence electrons. The molecule has 0 aromatic carbocycles. The van der Waals surface area contributed by atoms with Gasteiger partial charge < -0.3 is 5.11 Å². The van der Waals surface area contributed by atoms with Crippen LogP contribution in [0.25, 0.3) is 0 Å². The number of aliphatic hydroxyl groups excluding tert-OH is 1. The first kappa shape index (κ1) is 29.4. The maximum atomic E-state index is 9.27. The minimum Gasteiger partial charge on any atom is -0.389 e. The summed E-state index contributed by atoms with van der Waals surface area (Å²) in [5.41, 5.74) is 8.09. The van der Waals surface area contributed by atoms with Crippen molar-refractivity contribution in [3.05, 3.63) is 119 Å². The summed E-state index contributed by atoms with van der Waals surface area (Å²) in [5, 5.41) is 9.27. The normalized spacial score (nSPS) is 20.3. The molecule has 1 rings (SSSR count). The average Bonchev–Trinajstić information content (AvgIpc) is 2.74. The summed E-state index contributed by atoms with van der Waals surface area (Å²) in [6.45, 7) is 17.1. The molecular formula is C33H46O. The summed E-state index contributed by atoms with van der Waals surface area (Å²) in [6.07, 6.45) is 32.6. The Morgan fingerprint density at radius 3 is 1.74 bits per heavy atom. The van der Waals surface area contributed by atoms with Crippen LogP contribution in [-0.4, -0.2) is 11.2 Å². The molecule has 1 unspecified atom stereocenters. The van der Waals surface area contributed by atoms with Crippen molar-refractivity contribution in [3.63, 3.8) is 0 Å². The van der Waals surface area contributed by atoms with E-state index in [0.717, 1.165) is 5.57 Å². The highest BCUT2D eigenvalue weighted by molar-refractivity contribution is 5.37. The Bertz CT molecular complexity index is 960. The maximum absolute atomic E-state index is 9.27. The Morgan fingerprint density at radius 2 is 1.24 bits per heavy atom. The smallest absolute Gasteiger partial charge is 0.0695 e. The van der Waals surface area contributed by atoms with Crippen molar-refractivity contribution in [3.8, 4) is 0 Å². The zero-order valence-electron chi connectivity index (χ0n) is 22.7. The molecule has 1 N–H and O–H groups in total. The molecule has 0 radical (unpaired) electrons. The Labute approximate surface area is 209 Å². The van der Waals surface area contributed by atoms with Crippen molar-refractivity contribution in [1.82, 2.24) is 0 Å². The third kappa shape index (κ3) is 12.6. The quantitative estimate of drug-likeness (QED) is 0.323. The Morgan fingerprint density at radius 1 is 0.765 bits per heavy atom. The van der Waals surface area contributed by atoms with E-state index in [1.165, 1.54) is 47.1 Å². The first-order valence-electron chi connectivity index (χ1n) is 12.5. The summed E-state index contributed by atoms with van der Waals surface area (Å²) in [6, 6.07) is 0. The largest absolute Gasteiger partial charge is 0.389 e. The number of aliphatic hydroxyl groups is 1. The molecule has 1 atom stereocenters. The van der Waals surface area contributed by atoms with Gasteiger partial charge in [-0.15, -0.1) is 0 Å². The van der Waals surface area contributed by atoms with Gasteiger partial charge in [0.2, 0.25) is 0 Å². The van der Waals surface area contributed by atoms with Crippen molar-refractivity contribution in [2.75, 3.05) is 0 Å². The lowest BCUT2D eigenvalue weighted by Gasteiger charge is -2.32. The van der Waals surface area contributed by atoms with Crippen LogP contribution in [0.1, 0.15) is 74.7 Å². The van der Waals surface area contributed by atoms with Crippen LogP contribution in [-0.2, 0) is 0 Å². The predicted octanol–water partition coefficient (Wildman–Crippen LogP) is 9.46. The molecule has 0 saturated heterocycles. The topological polar surface area (TPSA) is 20.2 Å². The Kier molecular flexibility index (Phi) is 13.2. The second-order valence-electron chi connectivity index (χ2n) is 10.1. The van der Waals surface area contributed by atoms with Gasteiger partial charge in [0, 0.05) is 0 Å². The summed E-state index contributed by atoms with van der Waals surface area (Å²) >= 11 is 0. The van der Waals surface area contributed by atoms with Gasteiger partial charge in [-0.3, -0.25) is 0 Å². The second kappa shape index (κ2) is 15.3. The van der Waals surface area contributed by atoms with E-state index in [4.69, 9.17) is 0 Å². The van der Waals surface area contributed by atoms with Gasteiger partial charge in [-0.05, 0) is 71.8 Å². The Hall–Kier alpha value is -2.64. The molecule has 0 spiro atoms. The summed E-state index contributed by atoms with van der Waals surface area (Å²) in [7, 11) is 0. The minimum atomic E-state index is -0.414. The first-order valence-corrected chi connectivity index (χ1v) is 12.5. The highest BCUT2D eigenvalue weighted by atomic mass is 16.3. The molecule has 0 bridgehead atoms. The SMILES string of the molecule is CC1=C(/C=C/C(C)=C/C=C/C(C)=C/C=C/C=C(C)/C=C/C=C(C)/C=C/C(C)O)C(C)(C)CCC1. The number of rotatable bonds is 10. The molecule has 1 aliphatic carbocycles. The fourth-order valence-corrected chi connectivity index (χ4v) is 3.86. The predicted molar refractivity (Wildman–Crippen MR) is 153 cm³/mol. The molecule has 1 nitrogen and oxygen atoms in total. The van der Waals surface area contributed by atoms with Gasteiger partial charge in [0.25, 0.3) is 0 Å². The van der Waals surface area contributed by atoms with Crippen LogP contribution in [0.5, 0.6) is 0 Å². The van der Waals surface area contributed by atoms with E-state index in [1.54, 1.807) is 13.0 Å². The van der Waals surface area contributed by atoms with Gasteiger partial charge in [-0.2, -0.15) is 0 Å². The van der Waals surface area contributed by atoms with Crippen LogP contribution in [0.4, 0.5) is 0 Å². The molecule has 34 heavy (non-hydrogen) atoms. The van der Waals surface area contributed by atoms with E-state index in [0.29, 0.717) is 0 Å². The average molecular weight is 459 g/mol. The van der Waals surface area contributed by atoms with Crippen molar-refractivity contribution in [2.45, 2.75) is 80.8 Å². The highest BCUT2D eigenvalue weighted by Gasteiger charge is 2.26. The van der Waals surface area contributed by atoms with Crippen LogP contribution in [0.15, 0.2) is 119 Å². The summed E-state index contributed by atoms with van der Waals surface area (Å²) < 4.78 is 0. The van der Waals surface area contributed by atoms with Crippen LogP contribution < -0.4 is 0 Å². The molecule has 0 saturated carbocycles. The van der Waals surface area contributed by atoms with E-state index in [1.807, 2.05) is 25.2 Å². The van der Waals surface area contributed by atoms with Crippen molar-refractivity contribution in [1.29, 1.82) is 0 Å². The molecule has 0 fully saturated rings. The van der Waals surface area contributed by atoms with Crippen LogP contribution in [0, 0.1) is 5.41 Å². The zero-order valence-corrected chi connectivity index (χ0v) is 22.7. The van der Waals surface area contributed by atoms with Crippen molar-refractivity contribution >= 4 is 0 Å². The van der Waals surface area contributed by atoms with Crippen LogP contribution in [0.3, 0.4) is 0 Å². The van der Waals surface area contributed by atoms with Gasteiger partial charge in [0.1, 0.15) is 0 Å². The highest BCUT2D eigenvalue weighted by Crippen LogP contribution is 2.40. The van der Waals surface area contributed by atoms with Crippen molar-refractivity contribution in [2.24, 2.45) is 5.41 Å². The van der Waals surface area contributed by atoms with Gasteiger partial charge >= 0.3 is 0 Å². The minimum absolute atomic E-state index is 0.287. The summed E-state index contributed by atoms with van der Waals surface area (Å²) in [4.78, 5) is 0. The zero-order chi connectivity index (χ0) is 25.6. The molecule has 0 aromatic rings. The number of hydrogen-bond donors (Lipinski definition) is 1. The van der Waals surface area contributed by atoms with Crippen LogP contribution in [0.2, 0.25) is 0 Å². The molecule has 0 heterocycles. The lowest BCUT2D eigenvalue weighted by atomic mass is 9.72. The van der Waals surface area contributed by atoms with Crippen LogP contribution >= 0.6 is 0 Å². The molecule has 0 aromatic heterocycles. The molecule has 1 aliphatic rings. The van der Waals surface area contributed by atoms with E-state index >= 15 is 0 Å². The van der Waals surface area contributed by atoms with Gasteiger partial charge in [0.05, 0.1) is 6.10 Å². The fourth-order valence-electron chi connectivity index (χ4n) is 3.86. The third-order valence-corrected chi connectivity index (χ3v) is 5.96. The maximum Gasteiger partial charge on any atom is 0.0695 e. The van der Waals surface area contributed by atoms with Gasteiger partial charge in [-0.25, -0.2) is 0 Å². The van der Waals surface area contributed by atoms with Gasteiger partial charge in [-0.1, -0.05) is 127 Å². The van der Waals surface area contributed by atoms with Crippen molar-refractivity contribution < 1.29 is 5.11 Å². The van der Waals surface area contributed by atoms with E-state index in [-0.39, 0.29) is 5.41 Å². The second-order valence-corrected chi connectivity index (χ2v) is 10.1. The van der Waals surface area contributed by atoms with E-state index in [2.05, 4.69) is 102 Å². The lowest BCUT2D eigenvalue weighted by molar-refractivity contribution is 0.244. The third-order valence-electron chi connectivity index (χ3n) is 5.96. The van der Waals surface area contributed by atoms with E-state index in [9.17, 15) is 5.11 Å². The molecule has 0 amide bonds. The van der Waals surface area contributed by atoms with E-state index < -0.39 is 6.10 Å². The fraction of sp³-hybridized carbons (Fsp3) is 0.394. The number of hydrogen-bond acceptors (Lipinski definition) is 1. The molecule has 0 aliphatic heterocycles. The first-order chi connectivity index (χ1) is 16.0. The molecule has 1 heteroatoms. The van der Waals surface area contributed by atoms with Gasteiger partial charge in [0.15, 0.2) is 0 Å². The summed E-state index contributed by atoms with van der Waals surface area (Å²) in [5.74, 6) is 0. The molecular weight excluding hydrogens is 412 g/mol. The standard InChI is InChI=1S/C33H46O/c1-26(16-11-18-28(3)21-23-31(6)34)14-9-10-15-27(2)17-12-19-29(4)22-24-32-30(5)20-13-25-33(32,7)8/h9-12,14-19,21-24,31,34H,13,20,25H2,1-8H3/b10-9+,16-11+,17-12+,23-21+,24-22+,26-14+,27-15+,28-18+,29-19+. The lowest BCUT2D eigenvalue weighted by Crippen LogP contribution is -2.19.